The molecule has 1 aromatic heterocycles. The second-order valence-corrected chi connectivity index (χ2v) is 6.27. The molecule has 0 atom stereocenters. The number of nitrogens with zero attached hydrogens (tertiary/aromatic N) is 3. The zero-order valence-corrected chi connectivity index (χ0v) is 13.0. The number of amides is 1. The molecule has 0 aliphatic carbocycles. The molecule has 0 spiro atoms. The lowest BCUT2D eigenvalue weighted by molar-refractivity contribution is 0.0978. The Morgan fingerprint density at radius 1 is 1.36 bits per heavy atom. The summed E-state index contributed by atoms with van der Waals surface area (Å²) in [5, 5.41) is 5.40. The van der Waals surface area contributed by atoms with E-state index in [-0.39, 0.29) is 5.91 Å². The van der Waals surface area contributed by atoms with Gasteiger partial charge in [-0.15, -0.1) is 11.3 Å². The number of carbonyl (C=O) groups is 1. The molecule has 5 nitrogen and oxygen atoms in total. The SMILES string of the molecule is O=C(NC1=Nc2ccc(Cl)cc2C2=NCCN12)c1cccs1. The number of hydrogen-bond donors (Lipinski definition) is 1. The van der Waals surface area contributed by atoms with Gasteiger partial charge in [-0.05, 0) is 29.6 Å². The molecule has 2 aliphatic heterocycles. The molecule has 0 saturated carbocycles. The highest BCUT2D eigenvalue weighted by atomic mass is 35.5. The van der Waals surface area contributed by atoms with Crippen LogP contribution in [0.4, 0.5) is 5.69 Å². The second-order valence-electron chi connectivity index (χ2n) is 4.89. The number of aliphatic imine (C=N–C) groups is 2. The minimum absolute atomic E-state index is 0.155. The predicted molar refractivity (Wildman–Crippen MR) is 88.4 cm³/mol. The number of guanidine groups is 1. The number of thiophene rings is 1. The number of carbonyl (C=O) groups excluding carboxylic acids is 1. The fraction of sp³-hybridized carbons (Fsp3) is 0.133. The molecule has 3 heterocycles. The third-order valence-electron chi connectivity index (χ3n) is 3.49. The summed E-state index contributed by atoms with van der Waals surface area (Å²) in [5.74, 6) is 1.18. The lowest BCUT2D eigenvalue weighted by atomic mass is 10.1. The standard InChI is InChI=1S/C15H11ClN4OS/c16-9-3-4-11-10(8-9)13-17-5-6-20(13)15(18-11)19-14(21)12-2-1-7-22-12/h1-4,7-8H,5-6H2,(H,18,19,21). The normalized spacial score (nSPS) is 15.8. The van der Waals surface area contributed by atoms with Crippen LogP contribution in [0.3, 0.4) is 0 Å². The van der Waals surface area contributed by atoms with E-state index >= 15 is 0 Å². The Bertz CT molecular complexity index is 813. The van der Waals surface area contributed by atoms with Gasteiger partial charge in [0.05, 0.1) is 17.1 Å². The van der Waals surface area contributed by atoms with E-state index in [9.17, 15) is 4.79 Å². The van der Waals surface area contributed by atoms with Crippen LogP contribution in [0.1, 0.15) is 15.2 Å². The van der Waals surface area contributed by atoms with Crippen LogP contribution >= 0.6 is 22.9 Å². The molecule has 2 aliphatic rings. The molecule has 0 radical (unpaired) electrons. The number of rotatable bonds is 1. The number of benzene rings is 1. The maximum absolute atomic E-state index is 12.3. The Morgan fingerprint density at radius 2 is 2.27 bits per heavy atom. The summed E-state index contributed by atoms with van der Waals surface area (Å²) < 4.78 is 0. The van der Waals surface area contributed by atoms with E-state index in [1.165, 1.54) is 11.3 Å². The molecule has 2 aromatic rings. The van der Waals surface area contributed by atoms with Crippen molar-refractivity contribution in [2.24, 2.45) is 9.98 Å². The maximum Gasteiger partial charge on any atom is 0.268 e. The van der Waals surface area contributed by atoms with Crippen molar-refractivity contribution in [2.45, 2.75) is 0 Å². The summed E-state index contributed by atoms with van der Waals surface area (Å²) >= 11 is 7.46. The Labute approximate surface area is 136 Å². The van der Waals surface area contributed by atoms with Crippen LogP contribution in [-0.4, -0.2) is 35.7 Å². The Balaban J connectivity index is 1.72. The first-order valence-corrected chi connectivity index (χ1v) is 8.03. The lowest BCUT2D eigenvalue weighted by Gasteiger charge is -2.27. The fourth-order valence-electron chi connectivity index (χ4n) is 2.51. The summed E-state index contributed by atoms with van der Waals surface area (Å²) in [6.07, 6.45) is 0. The third kappa shape index (κ3) is 2.20. The highest BCUT2D eigenvalue weighted by molar-refractivity contribution is 7.12. The Kier molecular flexibility index (Phi) is 3.20. The summed E-state index contributed by atoms with van der Waals surface area (Å²) in [6.45, 7) is 1.38. The number of halogens is 1. The summed E-state index contributed by atoms with van der Waals surface area (Å²) in [6, 6.07) is 9.12. The first-order chi connectivity index (χ1) is 10.7. The van der Waals surface area contributed by atoms with Gasteiger partial charge in [0.25, 0.3) is 5.91 Å². The number of fused-ring (bicyclic) bond motifs is 3. The second kappa shape index (κ2) is 5.23. The molecule has 22 heavy (non-hydrogen) atoms. The van der Waals surface area contributed by atoms with Crippen molar-refractivity contribution < 1.29 is 4.79 Å². The maximum atomic E-state index is 12.3. The minimum atomic E-state index is -0.155. The van der Waals surface area contributed by atoms with Crippen LogP contribution in [0.2, 0.25) is 5.02 Å². The van der Waals surface area contributed by atoms with Crippen LogP contribution < -0.4 is 5.32 Å². The molecular formula is C15H11ClN4OS. The molecule has 1 aromatic carbocycles. The monoisotopic (exact) mass is 330 g/mol. The van der Waals surface area contributed by atoms with Crippen LogP contribution in [0.5, 0.6) is 0 Å². The van der Waals surface area contributed by atoms with Crippen LogP contribution in [0.25, 0.3) is 0 Å². The minimum Gasteiger partial charge on any atom is -0.294 e. The van der Waals surface area contributed by atoms with Gasteiger partial charge in [-0.3, -0.25) is 20.0 Å². The zero-order chi connectivity index (χ0) is 15.1. The van der Waals surface area contributed by atoms with Gasteiger partial charge < -0.3 is 0 Å². The molecule has 0 saturated heterocycles. The number of hydrogen-bond acceptors (Lipinski definition) is 5. The molecule has 7 heteroatoms. The van der Waals surface area contributed by atoms with E-state index < -0.39 is 0 Å². The van der Waals surface area contributed by atoms with E-state index in [0.717, 1.165) is 17.1 Å². The van der Waals surface area contributed by atoms with Gasteiger partial charge in [-0.25, -0.2) is 4.99 Å². The quantitative estimate of drug-likeness (QED) is 0.874. The van der Waals surface area contributed by atoms with Gasteiger partial charge >= 0.3 is 0 Å². The summed E-state index contributed by atoms with van der Waals surface area (Å²) in [5.41, 5.74) is 1.67. The average Bonchev–Trinajstić information content (AvgIpc) is 3.19. The molecule has 1 amide bonds. The highest BCUT2D eigenvalue weighted by Crippen LogP contribution is 2.30. The molecular weight excluding hydrogens is 320 g/mol. The van der Waals surface area contributed by atoms with Gasteiger partial charge in [0.15, 0.2) is 0 Å². The van der Waals surface area contributed by atoms with Gasteiger partial charge in [-0.1, -0.05) is 17.7 Å². The average molecular weight is 331 g/mol. The number of amidine groups is 1. The fourth-order valence-corrected chi connectivity index (χ4v) is 3.30. The molecule has 1 N–H and O–H groups in total. The largest absolute Gasteiger partial charge is 0.294 e. The molecule has 110 valence electrons. The van der Waals surface area contributed by atoms with Crippen LogP contribution in [0, 0.1) is 0 Å². The van der Waals surface area contributed by atoms with Crippen molar-refractivity contribution in [3.05, 3.63) is 51.2 Å². The first-order valence-electron chi connectivity index (χ1n) is 6.78. The molecule has 4 rings (SSSR count). The van der Waals surface area contributed by atoms with Gasteiger partial charge in [0.2, 0.25) is 5.96 Å². The molecule has 0 unspecified atom stereocenters. The van der Waals surface area contributed by atoms with Crippen molar-refractivity contribution in [2.75, 3.05) is 13.1 Å². The van der Waals surface area contributed by atoms with Crippen LogP contribution in [-0.2, 0) is 0 Å². The first kappa shape index (κ1) is 13.5. The summed E-state index contributed by atoms with van der Waals surface area (Å²) in [7, 11) is 0. The Hall–Kier alpha value is -2.18. The number of nitrogens with one attached hydrogen (secondary N) is 1. The zero-order valence-electron chi connectivity index (χ0n) is 11.4. The predicted octanol–water partition coefficient (Wildman–Crippen LogP) is 2.89. The lowest BCUT2D eigenvalue weighted by Crippen LogP contribution is -2.47. The van der Waals surface area contributed by atoms with Crippen molar-refractivity contribution in [3.8, 4) is 0 Å². The third-order valence-corrected chi connectivity index (χ3v) is 4.60. The van der Waals surface area contributed by atoms with Crippen molar-refractivity contribution in [1.29, 1.82) is 0 Å². The van der Waals surface area contributed by atoms with Gasteiger partial charge in [0.1, 0.15) is 5.84 Å². The van der Waals surface area contributed by atoms with Crippen molar-refractivity contribution in [1.82, 2.24) is 10.2 Å². The Morgan fingerprint density at radius 3 is 3.09 bits per heavy atom. The van der Waals surface area contributed by atoms with E-state index in [4.69, 9.17) is 11.6 Å². The molecule has 0 fully saturated rings. The van der Waals surface area contributed by atoms with E-state index in [1.54, 1.807) is 12.1 Å². The van der Waals surface area contributed by atoms with Crippen molar-refractivity contribution >= 4 is 46.3 Å². The van der Waals surface area contributed by atoms with Crippen LogP contribution in [0.15, 0.2) is 45.7 Å². The summed E-state index contributed by atoms with van der Waals surface area (Å²) in [4.78, 5) is 23.9. The van der Waals surface area contributed by atoms with Crippen molar-refractivity contribution in [3.63, 3.8) is 0 Å². The topological polar surface area (TPSA) is 57.1 Å². The van der Waals surface area contributed by atoms with E-state index in [2.05, 4.69) is 15.3 Å². The smallest absolute Gasteiger partial charge is 0.268 e. The molecule has 0 bridgehead atoms. The van der Waals surface area contributed by atoms with E-state index in [1.807, 2.05) is 28.5 Å². The van der Waals surface area contributed by atoms with Gasteiger partial charge in [-0.2, -0.15) is 0 Å². The van der Waals surface area contributed by atoms with E-state index in [0.29, 0.717) is 28.9 Å². The highest BCUT2D eigenvalue weighted by Gasteiger charge is 2.30. The van der Waals surface area contributed by atoms with Gasteiger partial charge in [0, 0.05) is 17.1 Å².